The van der Waals surface area contributed by atoms with Gasteiger partial charge in [0.05, 0.1) is 13.0 Å². The van der Waals surface area contributed by atoms with E-state index in [2.05, 4.69) is 5.32 Å². The van der Waals surface area contributed by atoms with Crippen molar-refractivity contribution in [1.29, 1.82) is 0 Å². The van der Waals surface area contributed by atoms with Crippen LogP contribution in [0.15, 0.2) is 48.5 Å². The highest BCUT2D eigenvalue weighted by molar-refractivity contribution is 6.00. The fraction of sp³-hybridized carbons (Fsp3) is 0.423. The Balaban J connectivity index is 1.26. The molecule has 8 heteroatoms. The summed E-state index contributed by atoms with van der Waals surface area (Å²) in [7, 11) is 1.61. The zero-order valence-corrected chi connectivity index (χ0v) is 19.5. The number of rotatable bonds is 8. The van der Waals surface area contributed by atoms with Crippen LogP contribution in [0.1, 0.15) is 31.2 Å². The molecule has 0 bridgehead atoms. The first-order valence-electron chi connectivity index (χ1n) is 11.7. The minimum Gasteiger partial charge on any atom is -0.497 e. The molecule has 0 radical (unpaired) electrons. The van der Waals surface area contributed by atoms with Crippen molar-refractivity contribution in [1.82, 2.24) is 10.2 Å². The summed E-state index contributed by atoms with van der Waals surface area (Å²) in [6, 6.07) is 14.6. The van der Waals surface area contributed by atoms with Crippen molar-refractivity contribution in [2.75, 3.05) is 38.3 Å². The predicted molar refractivity (Wildman–Crippen MR) is 128 cm³/mol. The van der Waals surface area contributed by atoms with Gasteiger partial charge in [0, 0.05) is 38.3 Å². The Bertz CT molecular complexity index is 1000. The van der Waals surface area contributed by atoms with E-state index in [1.807, 2.05) is 29.2 Å². The van der Waals surface area contributed by atoms with Gasteiger partial charge in [-0.2, -0.15) is 0 Å². The number of hydrogen-bond acceptors (Lipinski definition) is 5. The molecule has 1 atom stereocenters. The van der Waals surface area contributed by atoms with Crippen LogP contribution in [0.5, 0.6) is 11.5 Å². The fourth-order valence-corrected chi connectivity index (χ4v) is 4.31. The van der Waals surface area contributed by atoms with Gasteiger partial charge < -0.3 is 24.6 Å². The number of nitrogens with one attached hydrogen (secondary N) is 1. The van der Waals surface area contributed by atoms with Gasteiger partial charge in [0.2, 0.25) is 11.8 Å². The van der Waals surface area contributed by atoms with E-state index in [9.17, 15) is 14.4 Å². The molecular formula is C26H31N3O5. The molecule has 2 aliphatic rings. The first-order valence-corrected chi connectivity index (χ1v) is 11.7. The van der Waals surface area contributed by atoms with Gasteiger partial charge in [-0.3, -0.25) is 14.4 Å². The van der Waals surface area contributed by atoms with Gasteiger partial charge in [0.25, 0.3) is 5.91 Å². The summed E-state index contributed by atoms with van der Waals surface area (Å²) in [5.74, 6) is 0.721. The lowest BCUT2D eigenvalue weighted by Gasteiger charge is -2.26. The Morgan fingerprint density at radius 2 is 1.65 bits per heavy atom. The molecule has 4 rings (SSSR count). The van der Waals surface area contributed by atoms with E-state index in [1.165, 1.54) is 6.42 Å². The number of amides is 3. The molecule has 2 saturated heterocycles. The normalized spacial score (nSPS) is 18.0. The van der Waals surface area contributed by atoms with Gasteiger partial charge in [0.15, 0.2) is 6.61 Å². The maximum absolute atomic E-state index is 12.6. The minimum absolute atomic E-state index is 0.00184. The zero-order valence-electron chi connectivity index (χ0n) is 19.5. The van der Waals surface area contributed by atoms with Crippen LogP contribution in [-0.2, 0) is 20.9 Å². The lowest BCUT2D eigenvalue weighted by atomic mass is 10.1. The number of carbonyl (C=O) groups is 3. The van der Waals surface area contributed by atoms with Gasteiger partial charge in [-0.25, -0.2) is 0 Å². The summed E-state index contributed by atoms with van der Waals surface area (Å²) in [4.78, 5) is 40.9. The summed E-state index contributed by atoms with van der Waals surface area (Å²) >= 11 is 0. The topological polar surface area (TPSA) is 88.2 Å². The fourth-order valence-electron chi connectivity index (χ4n) is 4.31. The minimum atomic E-state index is -0.399. The standard InChI is InChI=1S/C26H31N3O5/c1-33-22-9-5-19(6-10-22)16-27-26(32)20-15-24(30)29(17-20)21-7-11-23(12-8-21)34-18-25(31)28-13-3-2-4-14-28/h5-12,20H,2-4,13-18H2,1H3,(H,27,32)/t20-/m1/s1. The van der Waals surface area contributed by atoms with E-state index in [0.29, 0.717) is 24.5 Å². The molecule has 34 heavy (non-hydrogen) atoms. The van der Waals surface area contributed by atoms with Gasteiger partial charge in [-0.1, -0.05) is 12.1 Å². The average molecular weight is 466 g/mol. The largest absolute Gasteiger partial charge is 0.497 e. The maximum atomic E-state index is 12.6. The number of likely N-dealkylation sites (tertiary alicyclic amines) is 1. The molecule has 2 aromatic carbocycles. The number of ether oxygens (including phenoxy) is 2. The van der Waals surface area contributed by atoms with Crippen molar-refractivity contribution in [3.63, 3.8) is 0 Å². The van der Waals surface area contributed by atoms with Gasteiger partial charge in [-0.15, -0.1) is 0 Å². The van der Waals surface area contributed by atoms with Crippen molar-refractivity contribution < 1.29 is 23.9 Å². The van der Waals surface area contributed by atoms with Crippen molar-refractivity contribution >= 4 is 23.4 Å². The summed E-state index contributed by atoms with van der Waals surface area (Å²) < 4.78 is 10.8. The number of nitrogens with zero attached hydrogens (tertiary/aromatic N) is 2. The van der Waals surface area contributed by atoms with E-state index < -0.39 is 5.92 Å². The van der Waals surface area contributed by atoms with Crippen LogP contribution in [0.3, 0.4) is 0 Å². The van der Waals surface area contributed by atoms with Crippen LogP contribution in [0.25, 0.3) is 0 Å². The second kappa shape index (κ2) is 11.0. The SMILES string of the molecule is COc1ccc(CNC(=O)[C@@H]2CC(=O)N(c3ccc(OCC(=O)N4CCCCC4)cc3)C2)cc1. The molecule has 8 nitrogen and oxygen atoms in total. The summed E-state index contributed by atoms with van der Waals surface area (Å²) in [5, 5.41) is 2.92. The van der Waals surface area contributed by atoms with Crippen LogP contribution in [0.4, 0.5) is 5.69 Å². The van der Waals surface area contributed by atoms with Gasteiger partial charge in [0.1, 0.15) is 11.5 Å². The van der Waals surface area contributed by atoms with E-state index in [1.54, 1.807) is 36.3 Å². The van der Waals surface area contributed by atoms with Crippen molar-refractivity contribution in [2.24, 2.45) is 5.92 Å². The molecule has 1 N–H and O–H groups in total. The lowest BCUT2D eigenvalue weighted by molar-refractivity contribution is -0.134. The average Bonchev–Trinajstić information content (AvgIpc) is 3.28. The van der Waals surface area contributed by atoms with E-state index >= 15 is 0 Å². The van der Waals surface area contributed by atoms with Crippen LogP contribution in [0, 0.1) is 5.92 Å². The number of piperidine rings is 1. The third-order valence-corrected chi connectivity index (χ3v) is 6.34. The monoisotopic (exact) mass is 465 g/mol. The van der Waals surface area contributed by atoms with Gasteiger partial charge >= 0.3 is 0 Å². The lowest BCUT2D eigenvalue weighted by Crippen LogP contribution is -2.38. The molecule has 0 unspecified atom stereocenters. The third kappa shape index (κ3) is 5.87. The molecule has 2 aliphatic heterocycles. The van der Waals surface area contributed by atoms with E-state index in [0.717, 1.165) is 37.2 Å². The Hall–Kier alpha value is -3.55. The van der Waals surface area contributed by atoms with E-state index in [4.69, 9.17) is 9.47 Å². The quantitative estimate of drug-likeness (QED) is 0.648. The molecule has 0 saturated carbocycles. The number of benzene rings is 2. The van der Waals surface area contributed by atoms with Gasteiger partial charge in [-0.05, 0) is 61.2 Å². The molecule has 180 valence electrons. The van der Waals surface area contributed by atoms with Crippen LogP contribution < -0.4 is 19.7 Å². The smallest absolute Gasteiger partial charge is 0.260 e. The number of hydrogen-bond donors (Lipinski definition) is 1. The van der Waals surface area contributed by atoms with Crippen LogP contribution >= 0.6 is 0 Å². The third-order valence-electron chi connectivity index (χ3n) is 6.34. The first kappa shape index (κ1) is 23.6. The molecular weight excluding hydrogens is 434 g/mol. The molecule has 2 aromatic rings. The van der Waals surface area contributed by atoms with Crippen molar-refractivity contribution in [2.45, 2.75) is 32.2 Å². The molecule has 3 amide bonds. The highest BCUT2D eigenvalue weighted by Crippen LogP contribution is 2.27. The number of methoxy groups -OCH3 is 1. The molecule has 2 fully saturated rings. The highest BCUT2D eigenvalue weighted by atomic mass is 16.5. The molecule has 0 spiro atoms. The Labute approximate surface area is 199 Å². The Morgan fingerprint density at radius 1 is 0.971 bits per heavy atom. The Kier molecular flexibility index (Phi) is 7.67. The summed E-state index contributed by atoms with van der Waals surface area (Å²) in [6.45, 7) is 2.34. The van der Waals surface area contributed by atoms with Crippen molar-refractivity contribution in [3.05, 3.63) is 54.1 Å². The number of carbonyl (C=O) groups excluding carboxylic acids is 3. The van der Waals surface area contributed by atoms with Crippen LogP contribution in [0.2, 0.25) is 0 Å². The first-order chi connectivity index (χ1) is 16.5. The molecule has 0 aliphatic carbocycles. The summed E-state index contributed by atoms with van der Waals surface area (Å²) in [6.07, 6.45) is 3.44. The maximum Gasteiger partial charge on any atom is 0.260 e. The summed E-state index contributed by atoms with van der Waals surface area (Å²) in [5.41, 5.74) is 1.68. The number of anilines is 1. The zero-order chi connectivity index (χ0) is 23.9. The highest BCUT2D eigenvalue weighted by Gasteiger charge is 2.35. The molecule has 0 aromatic heterocycles. The Morgan fingerprint density at radius 3 is 2.32 bits per heavy atom. The van der Waals surface area contributed by atoms with E-state index in [-0.39, 0.29) is 30.7 Å². The van der Waals surface area contributed by atoms with Crippen LogP contribution in [-0.4, -0.2) is 56.0 Å². The van der Waals surface area contributed by atoms with Crippen molar-refractivity contribution in [3.8, 4) is 11.5 Å². The molecule has 2 heterocycles. The predicted octanol–water partition coefficient (Wildman–Crippen LogP) is 2.76. The second-order valence-corrected chi connectivity index (χ2v) is 8.70. The second-order valence-electron chi connectivity index (χ2n) is 8.70.